The summed E-state index contributed by atoms with van der Waals surface area (Å²) in [4.78, 5) is 26.8. The molecule has 7 heteroatoms. The fourth-order valence-corrected chi connectivity index (χ4v) is 4.81. The Balaban J connectivity index is 1.47. The van der Waals surface area contributed by atoms with Crippen molar-refractivity contribution >= 4 is 22.7 Å². The normalized spacial score (nSPS) is 19.7. The molecule has 4 heterocycles. The van der Waals surface area contributed by atoms with Gasteiger partial charge in [0.1, 0.15) is 6.10 Å². The molecule has 148 valence electrons. The number of likely N-dealkylation sites (tertiary alicyclic amines) is 1. The summed E-state index contributed by atoms with van der Waals surface area (Å²) < 4.78 is 2.07. The lowest BCUT2D eigenvalue weighted by molar-refractivity contribution is -0.138. The zero-order valence-electron chi connectivity index (χ0n) is 16.1. The van der Waals surface area contributed by atoms with Gasteiger partial charge < -0.3 is 15.0 Å². The second-order valence-electron chi connectivity index (χ2n) is 8.25. The van der Waals surface area contributed by atoms with Gasteiger partial charge in [-0.1, -0.05) is 19.3 Å². The Bertz CT molecular complexity index is 995. The predicted octanol–water partition coefficient (Wildman–Crippen LogP) is 2.78. The number of aliphatic hydroxyl groups excluding tert-OH is 1. The number of hydrogen-bond donors (Lipinski definition) is 2. The van der Waals surface area contributed by atoms with Gasteiger partial charge in [-0.2, -0.15) is 0 Å². The van der Waals surface area contributed by atoms with Crippen molar-refractivity contribution in [2.45, 2.75) is 63.4 Å². The van der Waals surface area contributed by atoms with Crippen LogP contribution in [0, 0.1) is 0 Å². The highest BCUT2D eigenvalue weighted by Crippen LogP contribution is 2.33. The minimum atomic E-state index is -1.02. The number of hydrogen-bond acceptors (Lipinski definition) is 4. The third-order valence-electron chi connectivity index (χ3n) is 6.35. The summed E-state index contributed by atoms with van der Waals surface area (Å²) in [5, 5.41) is 10.5. The van der Waals surface area contributed by atoms with Crippen LogP contribution < -0.4 is 0 Å². The fraction of sp³-hybridized carbons (Fsp3) is 0.571. The molecular formula is C21H27N5O2. The average molecular weight is 381 g/mol. The molecule has 2 fully saturated rings. The smallest absolute Gasteiger partial charge is 0.251 e. The highest BCUT2D eigenvalue weighted by molar-refractivity contribution is 5.83. The van der Waals surface area contributed by atoms with E-state index < -0.39 is 6.10 Å². The van der Waals surface area contributed by atoms with Gasteiger partial charge in [-0.3, -0.25) is 9.20 Å². The van der Waals surface area contributed by atoms with E-state index in [9.17, 15) is 9.90 Å². The number of fused-ring (bicyclic) bond motifs is 3. The van der Waals surface area contributed by atoms with E-state index in [-0.39, 0.29) is 12.3 Å². The van der Waals surface area contributed by atoms with Gasteiger partial charge in [0, 0.05) is 37.8 Å². The second kappa shape index (κ2) is 7.20. The topological polar surface area (TPSA) is 86.5 Å². The van der Waals surface area contributed by atoms with Gasteiger partial charge in [0.25, 0.3) is 5.91 Å². The van der Waals surface area contributed by atoms with E-state index in [0.29, 0.717) is 5.92 Å². The Morgan fingerprint density at radius 1 is 1.21 bits per heavy atom. The Kier molecular flexibility index (Phi) is 4.55. The van der Waals surface area contributed by atoms with Crippen LogP contribution in [0.4, 0.5) is 0 Å². The van der Waals surface area contributed by atoms with Crippen LogP contribution in [0.2, 0.25) is 0 Å². The lowest BCUT2D eigenvalue weighted by Crippen LogP contribution is -2.38. The first-order valence-corrected chi connectivity index (χ1v) is 10.5. The first kappa shape index (κ1) is 17.7. The number of aliphatic hydroxyl groups is 1. The Morgan fingerprint density at radius 3 is 2.79 bits per heavy atom. The van der Waals surface area contributed by atoms with E-state index in [0.717, 1.165) is 54.0 Å². The van der Waals surface area contributed by atoms with E-state index in [1.165, 1.54) is 32.1 Å². The summed E-state index contributed by atoms with van der Waals surface area (Å²) in [6.07, 6.45) is 13.3. The van der Waals surface area contributed by atoms with Crippen LogP contribution in [0.1, 0.15) is 62.1 Å². The molecule has 2 aliphatic rings. The monoisotopic (exact) mass is 381 g/mol. The molecule has 1 atom stereocenters. The molecule has 3 aromatic heterocycles. The molecular weight excluding hydrogens is 354 g/mol. The number of nitrogens with one attached hydrogen (secondary N) is 1. The number of H-pyrrole nitrogens is 1. The van der Waals surface area contributed by atoms with Crippen LogP contribution in [0.15, 0.2) is 18.6 Å². The number of rotatable bonds is 4. The quantitative estimate of drug-likeness (QED) is 0.728. The number of amides is 1. The molecule has 1 aliphatic carbocycles. The summed E-state index contributed by atoms with van der Waals surface area (Å²) in [5.74, 6) is 0.355. The molecule has 28 heavy (non-hydrogen) atoms. The van der Waals surface area contributed by atoms with Gasteiger partial charge in [-0.15, -0.1) is 0 Å². The maximum atomic E-state index is 12.5. The number of nitrogens with zero attached hydrogens (tertiary/aromatic N) is 4. The molecule has 1 amide bonds. The molecule has 5 rings (SSSR count). The molecule has 1 saturated carbocycles. The summed E-state index contributed by atoms with van der Waals surface area (Å²) >= 11 is 0. The van der Waals surface area contributed by atoms with Crippen LogP contribution in [-0.4, -0.2) is 54.5 Å². The molecule has 2 N–H and O–H groups in total. The van der Waals surface area contributed by atoms with Crippen LogP contribution in [0.25, 0.3) is 16.8 Å². The van der Waals surface area contributed by atoms with Crippen LogP contribution >= 0.6 is 0 Å². The van der Waals surface area contributed by atoms with Gasteiger partial charge >= 0.3 is 0 Å². The lowest BCUT2D eigenvalue weighted by atomic mass is 9.87. The van der Waals surface area contributed by atoms with Crippen molar-refractivity contribution in [3.05, 3.63) is 29.8 Å². The molecule has 0 bridgehead atoms. The van der Waals surface area contributed by atoms with E-state index in [1.807, 2.05) is 6.20 Å². The average Bonchev–Trinajstić information content (AvgIpc) is 3.47. The first-order valence-electron chi connectivity index (χ1n) is 10.5. The van der Waals surface area contributed by atoms with E-state index in [1.54, 1.807) is 11.1 Å². The van der Waals surface area contributed by atoms with Gasteiger partial charge in [0.05, 0.1) is 17.4 Å². The van der Waals surface area contributed by atoms with Gasteiger partial charge in [-0.25, -0.2) is 9.97 Å². The Labute approximate surface area is 163 Å². The van der Waals surface area contributed by atoms with Crippen molar-refractivity contribution < 1.29 is 9.90 Å². The molecule has 1 aliphatic heterocycles. The largest absolute Gasteiger partial charge is 0.383 e. The van der Waals surface area contributed by atoms with Crippen molar-refractivity contribution in [2.75, 3.05) is 13.1 Å². The second-order valence-corrected chi connectivity index (χ2v) is 8.25. The summed E-state index contributed by atoms with van der Waals surface area (Å²) in [5.41, 5.74) is 4.54. The Morgan fingerprint density at radius 2 is 2.00 bits per heavy atom. The van der Waals surface area contributed by atoms with Gasteiger partial charge in [0.2, 0.25) is 0 Å². The standard InChI is InChI=1S/C21H27N5O2/c27-17(21(28)25-8-4-5-9-25)10-15-11-22-20-19(15)26-13-16(24-18(26)12-23-20)14-6-2-1-3-7-14/h11-14,17,22,27H,1-10H2. The maximum Gasteiger partial charge on any atom is 0.251 e. The molecule has 0 aromatic carbocycles. The summed E-state index contributed by atoms with van der Waals surface area (Å²) in [6, 6.07) is 0. The molecule has 0 radical (unpaired) electrons. The lowest BCUT2D eigenvalue weighted by Gasteiger charge is -2.19. The van der Waals surface area contributed by atoms with Crippen LogP contribution in [0.3, 0.4) is 0 Å². The van der Waals surface area contributed by atoms with E-state index >= 15 is 0 Å². The zero-order chi connectivity index (χ0) is 19.1. The predicted molar refractivity (Wildman–Crippen MR) is 106 cm³/mol. The summed E-state index contributed by atoms with van der Waals surface area (Å²) in [7, 11) is 0. The van der Waals surface area contributed by atoms with Crippen molar-refractivity contribution in [3.8, 4) is 0 Å². The zero-order valence-corrected chi connectivity index (χ0v) is 16.1. The molecule has 7 nitrogen and oxygen atoms in total. The third kappa shape index (κ3) is 3.07. The highest BCUT2D eigenvalue weighted by Gasteiger charge is 2.26. The number of imidazole rings is 1. The minimum absolute atomic E-state index is 0.166. The van der Waals surface area contributed by atoms with Crippen molar-refractivity contribution in [1.82, 2.24) is 24.3 Å². The number of aromatic amines is 1. The molecule has 0 spiro atoms. The first-order chi connectivity index (χ1) is 13.7. The number of carbonyl (C=O) groups excluding carboxylic acids is 1. The number of aromatic nitrogens is 4. The third-order valence-corrected chi connectivity index (χ3v) is 6.35. The van der Waals surface area contributed by atoms with Gasteiger partial charge in [0.15, 0.2) is 11.3 Å². The van der Waals surface area contributed by atoms with Gasteiger partial charge in [-0.05, 0) is 31.2 Å². The minimum Gasteiger partial charge on any atom is -0.383 e. The fourth-order valence-electron chi connectivity index (χ4n) is 4.81. The highest BCUT2D eigenvalue weighted by atomic mass is 16.3. The maximum absolute atomic E-state index is 12.5. The number of carbonyl (C=O) groups is 1. The van der Waals surface area contributed by atoms with E-state index in [4.69, 9.17) is 4.98 Å². The molecule has 3 aromatic rings. The summed E-state index contributed by atoms with van der Waals surface area (Å²) in [6.45, 7) is 1.50. The van der Waals surface area contributed by atoms with Crippen molar-refractivity contribution in [2.24, 2.45) is 0 Å². The SMILES string of the molecule is O=C(C(O)Cc1c[nH]c2ncc3nc(C4CCCCC4)cn3c12)N1CCCC1. The molecule has 1 saturated heterocycles. The van der Waals surface area contributed by atoms with Crippen LogP contribution in [0.5, 0.6) is 0 Å². The van der Waals surface area contributed by atoms with Crippen LogP contribution in [-0.2, 0) is 11.2 Å². The van der Waals surface area contributed by atoms with Crippen molar-refractivity contribution in [1.29, 1.82) is 0 Å². The van der Waals surface area contributed by atoms with E-state index in [2.05, 4.69) is 20.6 Å². The molecule has 1 unspecified atom stereocenters. The Hall–Kier alpha value is -2.41. The van der Waals surface area contributed by atoms with Crippen molar-refractivity contribution in [3.63, 3.8) is 0 Å².